The highest BCUT2D eigenvalue weighted by atomic mass is 15.3. The van der Waals surface area contributed by atoms with Gasteiger partial charge in [0.15, 0.2) is 0 Å². The van der Waals surface area contributed by atoms with E-state index in [2.05, 4.69) is 196 Å². The maximum Gasteiger partial charge on any atom is 0.102 e. The van der Waals surface area contributed by atoms with Gasteiger partial charge in [-0.15, -0.1) is 0 Å². The highest BCUT2D eigenvalue weighted by molar-refractivity contribution is 6.19. The molecule has 6 heteroatoms. The number of para-hydroxylation sites is 3. The molecule has 1 aliphatic carbocycles. The van der Waals surface area contributed by atoms with Crippen LogP contribution in [0.3, 0.4) is 0 Å². The third kappa shape index (κ3) is 5.96. The van der Waals surface area contributed by atoms with Crippen molar-refractivity contribution < 1.29 is 0 Å². The van der Waals surface area contributed by atoms with Crippen LogP contribution in [0.5, 0.6) is 0 Å². The van der Waals surface area contributed by atoms with Crippen molar-refractivity contribution in [3.8, 4) is 5.69 Å². The van der Waals surface area contributed by atoms with E-state index < -0.39 is 0 Å². The van der Waals surface area contributed by atoms with Gasteiger partial charge in [0.2, 0.25) is 0 Å². The molecule has 270 valence electrons. The van der Waals surface area contributed by atoms with E-state index in [0.717, 1.165) is 30.8 Å². The highest BCUT2D eigenvalue weighted by Gasteiger charge is 2.27. The van der Waals surface area contributed by atoms with Crippen LogP contribution in [-0.2, 0) is 13.0 Å². The zero-order valence-electron chi connectivity index (χ0n) is 31.0. The SMILES string of the molecule is CN(Cc1ccccc1)C(NC(N)C1=Cc2ccccc2CC1)C1=CC=C(n2c3ccccc3c3cc4c5ccccc5n(-c5ccccc5)c4cc32)CN1. The van der Waals surface area contributed by atoms with Gasteiger partial charge in [-0.05, 0) is 90.7 Å². The van der Waals surface area contributed by atoms with Gasteiger partial charge in [0, 0.05) is 45.2 Å². The molecule has 55 heavy (non-hydrogen) atoms. The van der Waals surface area contributed by atoms with Crippen molar-refractivity contribution in [3.05, 3.63) is 186 Å². The van der Waals surface area contributed by atoms with Crippen molar-refractivity contribution in [3.63, 3.8) is 0 Å². The van der Waals surface area contributed by atoms with Gasteiger partial charge in [-0.1, -0.05) is 115 Å². The summed E-state index contributed by atoms with van der Waals surface area (Å²) in [5.74, 6) is 0. The summed E-state index contributed by atoms with van der Waals surface area (Å²) in [5, 5.41) is 12.7. The summed E-state index contributed by atoms with van der Waals surface area (Å²) >= 11 is 0. The first-order valence-electron chi connectivity index (χ1n) is 19.3. The zero-order valence-corrected chi connectivity index (χ0v) is 31.0. The summed E-state index contributed by atoms with van der Waals surface area (Å²) in [7, 11) is 2.17. The Bertz CT molecular complexity index is 2800. The van der Waals surface area contributed by atoms with Crippen LogP contribution in [0.15, 0.2) is 169 Å². The molecule has 2 unspecified atom stereocenters. The lowest BCUT2D eigenvalue weighted by Gasteiger charge is -2.36. The summed E-state index contributed by atoms with van der Waals surface area (Å²) in [6, 6.07) is 52.4. The Labute approximate surface area is 321 Å². The predicted molar refractivity (Wildman–Crippen MR) is 230 cm³/mol. The lowest BCUT2D eigenvalue weighted by molar-refractivity contribution is 0.208. The molecule has 3 heterocycles. The molecular weight excluding hydrogens is 673 g/mol. The normalized spacial score (nSPS) is 15.5. The Balaban J connectivity index is 1.07. The van der Waals surface area contributed by atoms with Crippen LogP contribution >= 0.6 is 0 Å². The molecule has 6 nitrogen and oxygen atoms in total. The third-order valence-electron chi connectivity index (χ3n) is 11.5. The van der Waals surface area contributed by atoms with E-state index in [0.29, 0.717) is 6.54 Å². The molecule has 0 saturated carbocycles. The molecule has 0 fully saturated rings. The maximum atomic E-state index is 7.02. The fourth-order valence-electron chi connectivity index (χ4n) is 8.83. The van der Waals surface area contributed by atoms with Crippen molar-refractivity contribution in [2.75, 3.05) is 13.6 Å². The maximum absolute atomic E-state index is 7.02. The minimum Gasteiger partial charge on any atom is -0.380 e. The second-order valence-electron chi connectivity index (χ2n) is 14.9. The number of allylic oxidation sites excluding steroid dienone is 2. The van der Waals surface area contributed by atoms with E-state index >= 15 is 0 Å². The van der Waals surface area contributed by atoms with Gasteiger partial charge in [0.05, 0.1) is 34.8 Å². The number of nitrogens with zero attached hydrogens (tertiary/aromatic N) is 3. The van der Waals surface area contributed by atoms with Gasteiger partial charge in [0.25, 0.3) is 0 Å². The largest absolute Gasteiger partial charge is 0.380 e. The van der Waals surface area contributed by atoms with Gasteiger partial charge in [-0.25, -0.2) is 0 Å². The molecule has 0 saturated heterocycles. The number of likely N-dealkylation sites (N-methyl/N-ethyl adjacent to an activating group) is 1. The van der Waals surface area contributed by atoms with Crippen LogP contribution in [0.4, 0.5) is 0 Å². The van der Waals surface area contributed by atoms with Crippen molar-refractivity contribution in [1.29, 1.82) is 0 Å². The van der Waals surface area contributed by atoms with Gasteiger partial charge in [-0.3, -0.25) is 10.2 Å². The van der Waals surface area contributed by atoms with Crippen LogP contribution in [0, 0.1) is 0 Å². The lowest BCUT2D eigenvalue weighted by atomic mass is 9.91. The number of nitrogens with two attached hydrogens (primary N) is 1. The van der Waals surface area contributed by atoms with Crippen LogP contribution in [0.1, 0.15) is 23.1 Å². The summed E-state index contributed by atoms with van der Waals surface area (Å²) in [6.07, 6.45) is 8.34. The van der Waals surface area contributed by atoms with Crippen LogP contribution in [-0.4, -0.2) is 40.0 Å². The number of benzene rings is 6. The van der Waals surface area contributed by atoms with Crippen LogP contribution in [0.2, 0.25) is 0 Å². The first kappa shape index (κ1) is 33.4. The van der Waals surface area contributed by atoms with Gasteiger partial charge in [-0.2, -0.15) is 0 Å². The average molecular weight is 717 g/mol. The zero-order chi connectivity index (χ0) is 36.9. The number of aromatic nitrogens is 2. The minimum atomic E-state index is -0.291. The first-order chi connectivity index (χ1) is 27.1. The van der Waals surface area contributed by atoms with Crippen LogP contribution in [0.25, 0.3) is 61.1 Å². The average Bonchev–Trinajstić information content (AvgIpc) is 3.74. The summed E-state index contributed by atoms with van der Waals surface area (Å²) < 4.78 is 4.85. The number of hydrogen-bond donors (Lipinski definition) is 3. The molecule has 2 atom stereocenters. The molecule has 0 spiro atoms. The summed E-state index contributed by atoms with van der Waals surface area (Å²) in [6.45, 7) is 1.45. The van der Waals surface area contributed by atoms with Crippen molar-refractivity contribution in [2.45, 2.75) is 31.7 Å². The lowest BCUT2D eigenvalue weighted by Crippen LogP contribution is -2.55. The molecule has 6 aromatic carbocycles. The fraction of sp³-hybridized carbons (Fsp3) is 0.143. The quantitative estimate of drug-likeness (QED) is 0.130. The molecule has 8 aromatic rings. The molecule has 1 aliphatic heterocycles. The molecule has 0 amide bonds. The van der Waals surface area contributed by atoms with E-state index in [-0.39, 0.29) is 12.3 Å². The number of fused-ring (bicyclic) bond motifs is 7. The number of nitrogens with one attached hydrogen (secondary N) is 2. The number of hydrogen-bond acceptors (Lipinski definition) is 4. The Hall–Kier alpha value is -6.18. The van der Waals surface area contributed by atoms with Crippen molar-refractivity contribution >= 4 is 55.4 Å². The molecule has 0 bridgehead atoms. The van der Waals surface area contributed by atoms with E-state index in [1.54, 1.807) is 0 Å². The van der Waals surface area contributed by atoms with Gasteiger partial charge < -0.3 is 20.2 Å². The van der Waals surface area contributed by atoms with E-state index in [4.69, 9.17) is 5.73 Å². The fourth-order valence-corrected chi connectivity index (χ4v) is 8.83. The van der Waals surface area contributed by atoms with Crippen molar-refractivity contribution in [1.82, 2.24) is 24.7 Å². The predicted octanol–water partition coefficient (Wildman–Crippen LogP) is 9.58. The summed E-state index contributed by atoms with van der Waals surface area (Å²) in [5.41, 5.74) is 20.4. The smallest absolute Gasteiger partial charge is 0.102 e. The minimum absolute atomic E-state index is 0.134. The number of rotatable bonds is 9. The Morgan fingerprint density at radius 3 is 2.02 bits per heavy atom. The van der Waals surface area contributed by atoms with Crippen LogP contribution < -0.4 is 16.4 Å². The second-order valence-corrected chi connectivity index (χ2v) is 14.9. The second kappa shape index (κ2) is 13.9. The molecule has 2 aliphatic rings. The molecule has 10 rings (SSSR count). The van der Waals surface area contributed by atoms with E-state index in [9.17, 15) is 0 Å². The Morgan fingerprint density at radius 2 is 1.29 bits per heavy atom. The van der Waals surface area contributed by atoms with Crippen molar-refractivity contribution in [2.24, 2.45) is 5.73 Å². The third-order valence-corrected chi connectivity index (χ3v) is 11.5. The van der Waals surface area contributed by atoms with E-state index in [1.165, 1.54) is 71.6 Å². The first-order valence-corrected chi connectivity index (χ1v) is 19.3. The highest BCUT2D eigenvalue weighted by Crippen LogP contribution is 2.39. The Kier molecular flexibility index (Phi) is 8.44. The molecular formula is C49H44N6. The molecule has 4 N–H and O–H groups in total. The topological polar surface area (TPSA) is 63.2 Å². The monoisotopic (exact) mass is 716 g/mol. The number of dihydropyridines is 1. The van der Waals surface area contributed by atoms with Gasteiger partial charge >= 0.3 is 0 Å². The standard InChI is InChI=1S/C49H44N6/c1-53(32-33-14-4-2-5-15-33)49(52-48(50)36-25-24-34-16-8-9-17-35(34)28-36)43-27-26-38(31-51-43)55-45-23-13-11-21-40(45)42-29-41-39-20-10-12-22-44(39)54(46(41)30-47(42)55)37-18-6-3-7-19-37/h2-23,26-30,48-49,51-52H,24-25,31-32,50H2,1H3. The molecule has 2 aromatic heterocycles. The van der Waals surface area contributed by atoms with E-state index in [1.807, 2.05) is 0 Å². The summed E-state index contributed by atoms with van der Waals surface area (Å²) in [4.78, 5) is 2.35. The molecule has 0 radical (unpaired) electrons. The number of aryl methyl sites for hydroxylation is 1. The Morgan fingerprint density at radius 1 is 0.655 bits per heavy atom. The van der Waals surface area contributed by atoms with Gasteiger partial charge in [0.1, 0.15) is 6.17 Å².